The van der Waals surface area contributed by atoms with E-state index in [2.05, 4.69) is 0 Å². The van der Waals surface area contributed by atoms with Crippen molar-refractivity contribution in [2.75, 3.05) is 14.2 Å². The average molecular weight is 278 g/mol. The topological polar surface area (TPSA) is 61.8 Å². The highest BCUT2D eigenvalue weighted by Crippen LogP contribution is 2.24. The number of esters is 1. The van der Waals surface area contributed by atoms with Crippen LogP contribution in [0, 0.1) is 0 Å². The first-order chi connectivity index (χ1) is 9.63. The summed E-state index contributed by atoms with van der Waals surface area (Å²) in [6.07, 6.45) is 2.25. The Balaban J connectivity index is 2.13. The predicted molar refractivity (Wildman–Crippen MR) is 72.2 cm³/mol. The number of ether oxygens (including phenoxy) is 3. The number of ketones is 1. The molecule has 0 amide bonds. The van der Waals surface area contributed by atoms with E-state index in [9.17, 15) is 9.59 Å². The molecule has 1 aliphatic rings. The van der Waals surface area contributed by atoms with E-state index in [1.54, 1.807) is 18.2 Å². The van der Waals surface area contributed by atoms with Gasteiger partial charge in [-0.3, -0.25) is 4.79 Å². The molecule has 5 heteroatoms. The van der Waals surface area contributed by atoms with E-state index in [-0.39, 0.29) is 5.78 Å². The van der Waals surface area contributed by atoms with Crippen molar-refractivity contribution in [2.45, 2.75) is 31.8 Å². The molecule has 1 aromatic carbocycles. The van der Waals surface area contributed by atoms with E-state index >= 15 is 0 Å². The summed E-state index contributed by atoms with van der Waals surface area (Å²) in [6.45, 7) is 0. The summed E-state index contributed by atoms with van der Waals surface area (Å²) in [5.41, 5.74) is 0.319. The summed E-state index contributed by atoms with van der Waals surface area (Å²) in [6, 6.07) is 4.80. The molecule has 1 fully saturated rings. The number of benzene rings is 1. The Labute approximate surface area is 117 Å². The Morgan fingerprint density at radius 2 is 1.75 bits per heavy atom. The smallest absolute Gasteiger partial charge is 0.339 e. The maximum absolute atomic E-state index is 12.1. The molecule has 0 N–H and O–H groups in total. The van der Waals surface area contributed by atoms with Gasteiger partial charge in [-0.15, -0.1) is 0 Å². The summed E-state index contributed by atoms with van der Waals surface area (Å²) >= 11 is 0. The minimum Gasteiger partial charge on any atom is -0.497 e. The third-order valence-electron chi connectivity index (χ3n) is 3.34. The molecule has 5 nitrogen and oxygen atoms in total. The molecule has 0 radical (unpaired) electrons. The fourth-order valence-corrected chi connectivity index (χ4v) is 2.20. The van der Waals surface area contributed by atoms with Gasteiger partial charge >= 0.3 is 5.97 Å². The molecule has 20 heavy (non-hydrogen) atoms. The summed E-state index contributed by atoms with van der Waals surface area (Å²) in [5.74, 6) is 0.486. The summed E-state index contributed by atoms with van der Waals surface area (Å²) in [7, 11) is 3.02. The average Bonchev–Trinajstić information content (AvgIpc) is 2.48. The van der Waals surface area contributed by atoms with Gasteiger partial charge in [0.25, 0.3) is 0 Å². The van der Waals surface area contributed by atoms with E-state index in [1.807, 2.05) is 0 Å². The fourth-order valence-electron chi connectivity index (χ4n) is 2.20. The number of carbonyl (C=O) groups is 2. The van der Waals surface area contributed by atoms with Crippen molar-refractivity contribution in [2.24, 2.45) is 0 Å². The highest BCUT2D eigenvalue weighted by Gasteiger charge is 2.26. The van der Waals surface area contributed by atoms with Gasteiger partial charge in [0.05, 0.1) is 19.8 Å². The molecule has 1 aliphatic carbocycles. The number of hydrogen-bond donors (Lipinski definition) is 0. The van der Waals surface area contributed by atoms with Crippen molar-refractivity contribution < 1.29 is 23.8 Å². The van der Waals surface area contributed by atoms with Gasteiger partial charge in [-0.25, -0.2) is 4.79 Å². The molecule has 0 spiro atoms. The molecule has 1 aromatic rings. The van der Waals surface area contributed by atoms with Gasteiger partial charge in [-0.2, -0.15) is 0 Å². The van der Waals surface area contributed by atoms with Crippen molar-refractivity contribution in [3.8, 4) is 11.5 Å². The van der Waals surface area contributed by atoms with E-state index in [0.29, 0.717) is 29.9 Å². The van der Waals surface area contributed by atoms with E-state index in [0.717, 1.165) is 12.8 Å². The van der Waals surface area contributed by atoms with Crippen LogP contribution in [0.25, 0.3) is 0 Å². The predicted octanol–water partition coefficient (Wildman–Crippen LogP) is 2.37. The molecule has 0 aromatic heterocycles. The van der Waals surface area contributed by atoms with Gasteiger partial charge in [-0.1, -0.05) is 0 Å². The monoisotopic (exact) mass is 278 g/mol. The number of hydrogen-bond acceptors (Lipinski definition) is 5. The third-order valence-corrected chi connectivity index (χ3v) is 3.34. The molecular formula is C15H18O5. The van der Waals surface area contributed by atoms with Gasteiger partial charge < -0.3 is 14.2 Å². The molecule has 0 saturated heterocycles. The van der Waals surface area contributed by atoms with Gasteiger partial charge in [0, 0.05) is 12.5 Å². The lowest BCUT2D eigenvalue weighted by Gasteiger charge is -2.20. The van der Waals surface area contributed by atoms with Gasteiger partial charge in [-0.05, 0) is 31.4 Å². The standard InChI is InChI=1S/C15H18O5/c1-18-11-7-10(8-12(9-11)19-2)15(17)20-14-6-4-3-5-13(14)16/h7-9,14H,3-6H2,1-2H3/t14-/m1/s1. The van der Waals surface area contributed by atoms with Crippen molar-refractivity contribution in [1.29, 1.82) is 0 Å². The molecule has 0 heterocycles. The zero-order valence-electron chi connectivity index (χ0n) is 11.7. The van der Waals surface area contributed by atoms with E-state index in [1.165, 1.54) is 14.2 Å². The molecule has 0 unspecified atom stereocenters. The van der Waals surface area contributed by atoms with Crippen LogP contribution in [0.4, 0.5) is 0 Å². The maximum Gasteiger partial charge on any atom is 0.339 e. The first-order valence-corrected chi connectivity index (χ1v) is 6.61. The minimum atomic E-state index is -0.617. The molecule has 1 atom stereocenters. The minimum absolute atomic E-state index is 0.000499. The SMILES string of the molecule is COc1cc(OC)cc(C(=O)O[C@@H]2CCCCC2=O)c1. The maximum atomic E-state index is 12.1. The lowest BCUT2D eigenvalue weighted by Crippen LogP contribution is -2.30. The first-order valence-electron chi connectivity index (χ1n) is 6.61. The summed E-state index contributed by atoms with van der Waals surface area (Å²) < 4.78 is 15.5. The lowest BCUT2D eigenvalue weighted by molar-refractivity contribution is -0.129. The number of carbonyl (C=O) groups excluding carboxylic acids is 2. The second-order valence-electron chi connectivity index (χ2n) is 4.71. The van der Waals surface area contributed by atoms with E-state index in [4.69, 9.17) is 14.2 Å². The second-order valence-corrected chi connectivity index (χ2v) is 4.71. The Morgan fingerprint density at radius 3 is 2.30 bits per heavy atom. The van der Waals surface area contributed by atoms with Crippen LogP contribution in [0.15, 0.2) is 18.2 Å². The van der Waals surface area contributed by atoms with Crippen molar-refractivity contribution in [1.82, 2.24) is 0 Å². The van der Waals surface area contributed by atoms with Gasteiger partial charge in [0.15, 0.2) is 11.9 Å². The van der Waals surface area contributed by atoms with Crippen LogP contribution >= 0.6 is 0 Å². The van der Waals surface area contributed by atoms with Crippen LogP contribution in [-0.4, -0.2) is 32.1 Å². The van der Waals surface area contributed by atoms with Gasteiger partial charge in [0.2, 0.25) is 0 Å². The second kappa shape index (κ2) is 6.41. The number of rotatable bonds is 4. The van der Waals surface area contributed by atoms with Crippen LogP contribution in [0.5, 0.6) is 11.5 Å². The Hall–Kier alpha value is -2.04. The lowest BCUT2D eigenvalue weighted by atomic mass is 9.96. The molecular weight excluding hydrogens is 260 g/mol. The normalized spacial score (nSPS) is 18.5. The largest absolute Gasteiger partial charge is 0.497 e. The van der Waals surface area contributed by atoms with Crippen LogP contribution in [0.2, 0.25) is 0 Å². The molecule has 2 rings (SSSR count). The van der Waals surface area contributed by atoms with Gasteiger partial charge in [0.1, 0.15) is 11.5 Å². The van der Waals surface area contributed by atoms with Crippen molar-refractivity contribution in [3.05, 3.63) is 23.8 Å². The molecule has 0 aliphatic heterocycles. The van der Waals surface area contributed by atoms with Crippen molar-refractivity contribution >= 4 is 11.8 Å². The molecule has 108 valence electrons. The Morgan fingerprint density at radius 1 is 1.10 bits per heavy atom. The van der Waals surface area contributed by atoms with Crippen LogP contribution < -0.4 is 9.47 Å². The Kier molecular flexibility index (Phi) is 4.61. The van der Waals surface area contributed by atoms with Crippen molar-refractivity contribution in [3.63, 3.8) is 0 Å². The highest BCUT2D eigenvalue weighted by molar-refractivity contribution is 5.93. The zero-order valence-corrected chi connectivity index (χ0v) is 11.7. The van der Waals surface area contributed by atoms with Crippen LogP contribution in [0.1, 0.15) is 36.0 Å². The number of methoxy groups -OCH3 is 2. The quantitative estimate of drug-likeness (QED) is 0.791. The van der Waals surface area contributed by atoms with Crippen LogP contribution in [0.3, 0.4) is 0 Å². The first kappa shape index (κ1) is 14.4. The zero-order chi connectivity index (χ0) is 14.5. The van der Waals surface area contributed by atoms with E-state index < -0.39 is 12.1 Å². The highest BCUT2D eigenvalue weighted by atomic mass is 16.5. The number of Topliss-reactive ketones (excluding diaryl/α,β-unsaturated/α-hetero) is 1. The van der Waals surface area contributed by atoms with Crippen LogP contribution in [-0.2, 0) is 9.53 Å². The summed E-state index contributed by atoms with van der Waals surface area (Å²) in [5, 5.41) is 0. The molecule has 0 bridgehead atoms. The fraction of sp³-hybridized carbons (Fsp3) is 0.467. The Bertz CT molecular complexity index is 487. The third kappa shape index (κ3) is 3.29. The summed E-state index contributed by atoms with van der Waals surface area (Å²) in [4.78, 5) is 23.8. The molecule has 1 saturated carbocycles.